The molecule has 8 heteroatoms. The fourth-order valence-electron chi connectivity index (χ4n) is 2.15. The van der Waals surface area contributed by atoms with Gasteiger partial charge in [-0.25, -0.2) is 4.98 Å². The molecule has 0 saturated heterocycles. The van der Waals surface area contributed by atoms with Crippen molar-refractivity contribution in [3.63, 3.8) is 0 Å². The van der Waals surface area contributed by atoms with Crippen molar-refractivity contribution in [3.8, 4) is 11.5 Å². The summed E-state index contributed by atoms with van der Waals surface area (Å²) in [5.41, 5.74) is 1.81. The average Bonchev–Trinajstić information content (AvgIpc) is 3.14. The van der Waals surface area contributed by atoms with Gasteiger partial charge >= 0.3 is 0 Å². The van der Waals surface area contributed by atoms with Gasteiger partial charge in [0.05, 0.1) is 16.3 Å². The molecule has 0 aliphatic carbocycles. The Kier molecular flexibility index (Phi) is 6.40. The molecule has 0 spiro atoms. The van der Waals surface area contributed by atoms with Crippen molar-refractivity contribution in [2.24, 2.45) is 0 Å². The molecule has 0 saturated carbocycles. The zero-order valence-corrected chi connectivity index (χ0v) is 16.5. The lowest BCUT2D eigenvalue weighted by Crippen LogP contribution is -2.24. The van der Waals surface area contributed by atoms with E-state index in [2.05, 4.69) is 36.4 Å². The summed E-state index contributed by atoms with van der Waals surface area (Å²) in [4.78, 5) is 20.6. The maximum absolute atomic E-state index is 12.0. The third kappa shape index (κ3) is 5.15. The van der Waals surface area contributed by atoms with Gasteiger partial charge in [-0.2, -0.15) is 4.98 Å². The Labute approximate surface area is 163 Å². The SMILES string of the molecule is CCc1noc(-c2ccc(SCC(=O)NCc3cccc(Br)c3)nc2)n1. The summed E-state index contributed by atoms with van der Waals surface area (Å²) in [5.74, 6) is 1.39. The molecule has 0 fully saturated rings. The maximum Gasteiger partial charge on any atom is 0.259 e. The van der Waals surface area contributed by atoms with Crippen LogP contribution in [0.2, 0.25) is 0 Å². The molecule has 3 rings (SSSR count). The van der Waals surface area contributed by atoms with E-state index < -0.39 is 0 Å². The molecule has 0 aliphatic rings. The summed E-state index contributed by atoms with van der Waals surface area (Å²) in [5, 5.41) is 7.54. The van der Waals surface area contributed by atoms with E-state index in [1.807, 2.05) is 43.3 Å². The van der Waals surface area contributed by atoms with Crippen LogP contribution < -0.4 is 5.32 Å². The first-order chi connectivity index (χ1) is 12.6. The summed E-state index contributed by atoms with van der Waals surface area (Å²) < 4.78 is 6.18. The van der Waals surface area contributed by atoms with Crippen LogP contribution in [0.4, 0.5) is 0 Å². The second kappa shape index (κ2) is 8.95. The van der Waals surface area contributed by atoms with E-state index >= 15 is 0 Å². The maximum atomic E-state index is 12.0. The number of nitrogens with zero attached hydrogens (tertiary/aromatic N) is 3. The molecule has 6 nitrogen and oxygen atoms in total. The lowest BCUT2D eigenvalue weighted by Gasteiger charge is -2.06. The van der Waals surface area contributed by atoms with Crippen molar-refractivity contribution in [1.82, 2.24) is 20.4 Å². The van der Waals surface area contributed by atoms with E-state index in [0.717, 1.165) is 27.0 Å². The fraction of sp³-hybridized carbons (Fsp3) is 0.222. The normalized spacial score (nSPS) is 10.7. The van der Waals surface area contributed by atoms with Crippen LogP contribution in [0.3, 0.4) is 0 Å². The first-order valence-electron chi connectivity index (χ1n) is 8.07. The van der Waals surface area contributed by atoms with Gasteiger partial charge in [0.2, 0.25) is 5.91 Å². The number of nitrogens with one attached hydrogen (secondary N) is 1. The third-order valence-corrected chi connectivity index (χ3v) is 4.93. The standard InChI is InChI=1S/C18H17BrN4O2S/c1-2-15-22-18(25-23-15)13-6-7-17(21-10-13)26-11-16(24)20-9-12-4-3-5-14(19)8-12/h3-8,10H,2,9,11H2,1H3,(H,20,24). The monoisotopic (exact) mass is 432 g/mol. The highest BCUT2D eigenvalue weighted by atomic mass is 79.9. The Balaban J connectivity index is 1.49. The highest BCUT2D eigenvalue weighted by Crippen LogP contribution is 2.20. The predicted octanol–water partition coefficient (Wildman–Crippen LogP) is 3.87. The number of amides is 1. The number of halogens is 1. The Bertz CT molecular complexity index is 883. The van der Waals surface area contributed by atoms with Crippen LogP contribution in [0.1, 0.15) is 18.3 Å². The summed E-state index contributed by atoms with van der Waals surface area (Å²) in [7, 11) is 0. The number of benzene rings is 1. The first kappa shape index (κ1) is 18.6. The van der Waals surface area contributed by atoms with E-state index in [1.54, 1.807) is 6.20 Å². The summed E-state index contributed by atoms with van der Waals surface area (Å²) in [6.45, 7) is 2.47. The summed E-state index contributed by atoms with van der Waals surface area (Å²) in [6.07, 6.45) is 2.40. The van der Waals surface area contributed by atoms with Gasteiger partial charge in [-0.05, 0) is 29.8 Å². The number of pyridine rings is 1. The molecule has 1 N–H and O–H groups in total. The van der Waals surface area contributed by atoms with Crippen molar-refractivity contribution < 1.29 is 9.32 Å². The topological polar surface area (TPSA) is 80.9 Å². The number of rotatable bonds is 7. The number of aromatic nitrogens is 3. The van der Waals surface area contributed by atoms with Gasteiger partial charge in [-0.15, -0.1) is 0 Å². The Morgan fingerprint density at radius 3 is 2.88 bits per heavy atom. The van der Waals surface area contributed by atoms with Gasteiger partial charge in [-0.1, -0.05) is 51.9 Å². The molecule has 0 atom stereocenters. The lowest BCUT2D eigenvalue weighted by molar-refractivity contribution is -0.118. The quantitative estimate of drug-likeness (QED) is 0.570. The molecule has 1 amide bonds. The second-order valence-corrected chi connectivity index (χ2v) is 7.36. The average molecular weight is 433 g/mol. The van der Waals surface area contributed by atoms with Crippen molar-refractivity contribution in [2.45, 2.75) is 24.9 Å². The van der Waals surface area contributed by atoms with Crippen molar-refractivity contribution in [3.05, 3.63) is 58.5 Å². The Hall–Kier alpha value is -2.19. The molecule has 1 aromatic carbocycles. The minimum Gasteiger partial charge on any atom is -0.351 e. The minimum atomic E-state index is -0.0367. The van der Waals surface area contributed by atoms with Gasteiger partial charge < -0.3 is 9.84 Å². The summed E-state index contributed by atoms with van der Waals surface area (Å²) in [6, 6.07) is 11.6. The molecule has 0 unspecified atom stereocenters. The van der Waals surface area contributed by atoms with Crippen molar-refractivity contribution >= 4 is 33.6 Å². The van der Waals surface area contributed by atoms with E-state index in [4.69, 9.17) is 4.52 Å². The van der Waals surface area contributed by atoms with Gasteiger partial charge in [0.25, 0.3) is 5.89 Å². The lowest BCUT2D eigenvalue weighted by atomic mass is 10.2. The molecule has 0 bridgehead atoms. The van der Waals surface area contributed by atoms with Crippen LogP contribution in [0.25, 0.3) is 11.5 Å². The number of hydrogen-bond acceptors (Lipinski definition) is 6. The first-order valence-corrected chi connectivity index (χ1v) is 9.85. The number of carbonyl (C=O) groups is 1. The van der Waals surface area contributed by atoms with E-state index in [1.165, 1.54) is 11.8 Å². The second-order valence-electron chi connectivity index (χ2n) is 5.45. The predicted molar refractivity (Wildman–Crippen MR) is 104 cm³/mol. The van der Waals surface area contributed by atoms with Crippen LogP contribution in [0.15, 0.2) is 56.6 Å². The smallest absolute Gasteiger partial charge is 0.259 e. The molecule has 134 valence electrons. The van der Waals surface area contributed by atoms with Gasteiger partial charge in [0, 0.05) is 23.6 Å². The van der Waals surface area contributed by atoms with Crippen LogP contribution in [-0.2, 0) is 17.8 Å². The molecule has 26 heavy (non-hydrogen) atoms. The van der Waals surface area contributed by atoms with Crippen LogP contribution in [0, 0.1) is 0 Å². The largest absolute Gasteiger partial charge is 0.351 e. The third-order valence-electron chi connectivity index (χ3n) is 3.50. The van der Waals surface area contributed by atoms with E-state index in [-0.39, 0.29) is 5.91 Å². The highest BCUT2D eigenvalue weighted by Gasteiger charge is 2.09. The zero-order valence-electron chi connectivity index (χ0n) is 14.1. The van der Waals surface area contributed by atoms with Crippen LogP contribution in [-0.4, -0.2) is 26.8 Å². The van der Waals surface area contributed by atoms with Gasteiger partial charge in [-0.3, -0.25) is 4.79 Å². The van der Waals surface area contributed by atoms with E-state index in [0.29, 0.717) is 24.0 Å². The molecule has 0 aliphatic heterocycles. The fourth-order valence-corrected chi connectivity index (χ4v) is 3.26. The van der Waals surface area contributed by atoms with Crippen molar-refractivity contribution in [1.29, 1.82) is 0 Å². The summed E-state index contributed by atoms with van der Waals surface area (Å²) >= 11 is 4.80. The number of carbonyl (C=O) groups excluding carboxylic acids is 1. The zero-order chi connectivity index (χ0) is 18.4. The molecule has 3 aromatic rings. The molecular weight excluding hydrogens is 416 g/mol. The minimum absolute atomic E-state index is 0.0367. The highest BCUT2D eigenvalue weighted by molar-refractivity contribution is 9.10. The van der Waals surface area contributed by atoms with Crippen LogP contribution in [0.5, 0.6) is 0 Å². The van der Waals surface area contributed by atoms with Crippen molar-refractivity contribution in [2.75, 3.05) is 5.75 Å². The number of aryl methyl sites for hydroxylation is 1. The van der Waals surface area contributed by atoms with Crippen LogP contribution >= 0.6 is 27.7 Å². The molecule has 2 aromatic heterocycles. The number of thioether (sulfide) groups is 1. The number of hydrogen-bond donors (Lipinski definition) is 1. The van der Waals surface area contributed by atoms with Gasteiger partial charge in [0.1, 0.15) is 0 Å². The Morgan fingerprint density at radius 1 is 1.31 bits per heavy atom. The van der Waals surface area contributed by atoms with Gasteiger partial charge in [0.15, 0.2) is 5.82 Å². The molecular formula is C18H17BrN4O2S. The Morgan fingerprint density at radius 2 is 2.19 bits per heavy atom. The molecule has 0 radical (unpaired) electrons. The van der Waals surface area contributed by atoms with E-state index in [9.17, 15) is 4.79 Å². The molecule has 2 heterocycles.